The van der Waals surface area contributed by atoms with E-state index in [4.69, 9.17) is 4.74 Å². The van der Waals surface area contributed by atoms with Crippen LogP contribution < -0.4 is 10.1 Å². The predicted molar refractivity (Wildman–Crippen MR) is 105 cm³/mol. The van der Waals surface area contributed by atoms with Gasteiger partial charge in [0.2, 0.25) is 5.95 Å². The van der Waals surface area contributed by atoms with Crippen LogP contribution in [-0.2, 0) is 0 Å². The van der Waals surface area contributed by atoms with Gasteiger partial charge < -0.3 is 20.1 Å². The average molecular weight is 378 g/mol. The number of hydrogen-bond acceptors (Lipinski definition) is 5. The first-order valence-electron chi connectivity index (χ1n) is 8.91. The Morgan fingerprint density at radius 3 is 2.79 bits per heavy atom. The maximum atomic E-state index is 13.9. The molecule has 4 aromatic rings. The average Bonchev–Trinajstić information content (AvgIpc) is 3.12. The highest BCUT2D eigenvalue weighted by Gasteiger charge is 2.21. The minimum Gasteiger partial charge on any atom is -0.504 e. The number of phenols is 1. The van der Waals surface area contributed by atoms with Crippen molar-refractivity contribution in [3.63, 3.8) is 0 Å². The highest BCUT2D eigenvalue weighted by atomic mass is 19.1. The van der Waals surface area contributed by atoms with Gasteiger partial charge in [0.25, 0.3) is 0 Å². The van der Waals surface area contributed by atoms with E-state index in [1.54, 1.807) is 42.7 Å². The second-order valence-corrected chi connectivity index (χ2v) is 6.24. The van der Waals surface area contributed by atoms with Crippen LogP contribution in [0.4, 0.5) is 10.3 Å². The Bertz CT molecular complexity index is 1100. The van der Waals surface area contributed by atoms with Gasteiger partial charge >= 0.3 is 0 Å². The maximum absolute atomic E-state index is 13.9. The van der Waals surface area contributed by atoms with Gasteiger partial charge in [-0.05, 0) is 48.9 Å². The second-order valence-electron chi connectivity index (χ2n) is 6.24. The summed E-state index contributed by atoms with van der Waals surface area (Å²) in [5.74, 6) is 0.560. The van der Waals surface area contributed by atoms with Crippen LogP contribution >= 0.6 is 0 Å². The fourth-order valence-corrected chi connectivity index (χ4v) is 3.18. The zero-order valence-corrected chi connectivity index (χ0v) is 15.2. The van der Waals surface area contributed by atoms with Gasteiger partial charge in [-0.25, -0.2) is 14.4 Å². The van der Waals surface area contributed by atoms with E-state index in [0.717, 1.165) is 22.0 Å². The number of rotatable bonds is 6. The summed E-state index contributed by atoms with van der Waals surface area (Å²) in [6, 6.07) is 11.1. The Hall–Kier alpha value is -3.61. The van der Waals surface area contributed by atoms with E-state index in [9.17, 15) is 9.50 Å². The second kappa shape index (κ2) is 7.56. The summed E-state index contributed by atoms with van der Waals surface area (Å²) in [6.07, 6.45) is 5.12. The monoisotopic (exact) mass is 378 g/mol. The van der Waals surface area contributed by atoms with Gasteiger partial charge in [-0.1, -0.05) is 6.07 Å². The third kappa shape index (κ3) is 3.46. The molecule has 0 spiro atoms. The minimum absolute atomic E-state index is 0.0604. The molecule has 3 N–H and O–H groups in total. The number of aromatic hydroxyl groups is 1. The smallest absolute Gasteiger partial charge is 0.223 e. The first-order chi connectivity index (χ1) is 13.7. The number of phenolic OH excluding ortho intramolecular Hbond substituents is 1. The molecule has 0 saturated carbocycles. The first kappa shape index (κ1) is 17.8. The standard InChI is InChI=1S/C21H19FN4O2/c1-2-28-19-10-13(4-7-18(19)27)20(26-21-23-8-3-9-24-21)16-12-25-17-6-5-14(22)11-15(16)17/h3-12,20,25,27H,2H2,1H3,(H,23,24,26). The quantitative estimate of drug-likeness (QED) is 0.463. The summed E-state index contributed by atoms with van der Waals surface area (Å²) in [6.45, 7) is 2.28. The molecule has 6 nitrogen and oxygen atoms in total. The highest BCUT2D eigenvalue weighted by molar-refractivity contribution is 5.84. The number of aromatic nitrogens is 3. The largest absolute Gasteiger partial charge is 0.504 e. The zero-order chi connectivity index (χ0) is 19.5. The number of ether oxygens (including phenoxy) is 1. The molecule has 0 saturated heterocycles. The molecule has 2 heterocycles. The van der Waals surface area contributed by atoms with Crippen LogP contribution in [0.3, 0.4) is 0 Å². The number of hydrogen-bond donors (Lipinski definition) is 3. The van der Waals surface area contributed by atoms with Crippen molar-refractivity contribution in [2.24, 2.45) is 0 Å². The van der Waals surface area contributed by atoms with Crippen LogP contribution in [0.25, 0.3) is 10.9 Å². The Labute approximate surface area is 161 Å². The number of nitrogens with one attached hydrogen (secondary N) is 2. The van der Waals surface area contributed by atoms with E-state index in [-0.39, 0.29) is 11.6 Å². The normalized spacial score (nSPS) is 12.1. The van der Waals surface area contributed by atoms with Gasteiger partial charge in [-0.3, -0.25) is 0 Å². The Morgan fingerprint density at radius 2 is 2.00 bits per heavy atom. The summed E-state index contributed by atoms with van der Waals surface area (Å²) in [7, 11) is 0. The molecule has 142 valence electrons. The van der Waals surface area contributed by atoms with Gasteiger partial charge in [0.1, 0.15) is 5.82 Å². The number of H-pyrrole nitrogens is 1. The van der Waals surface area contributed by atoms with Gasteiger partial charge in [0, 0.05) is 35.1 Å². The minimum atomic E-state index is -0.391. The third-order valence-electron chi connectivity index (χ3n) is 4.44. The van der Waals surface area contributed by atoms with Gasteiger partial charge in [0.05, 0.1) is 12.6 Å². The Morgan fingerprint density at radius 1 is 1.18 bits per heavy atom. The van der Waals surface area contributed by atoms with Gasteiger partial charge in [-0.2, -0.15) is 0 Å². The lowest BCUT2D eigenvalue weighted by Crippen LogP contribution is -2.14. The van der Waals surface area contributed by atoms with Crippen LogP contribution in [0.15, 0.2) is 61.1 Å². The summed E-state index contributed by atoms with van der Waals surface area (Å²) in [5.41, 5.74) is 2.47. The lowest BCUT2D eigenvalue weighted by atomic mass is 9.97. The lowest BCUT2D eigenvalue weighted by Gasteiger charge is -2.20. The SMILES string of the molecule is CCOc1cc(C(Nc2ncccn2)c2c[nH]c3ccc(F)cc23)ccc1O. The molecule has 2 aromatic heterocycles. The first-order valence-corrected chi connectivity index (χ1v) is 8.91. The van der Waals surface area contributed by atoms with Crippen molar-refractivity contribution in [1.29, 1.82) is 0 Å². The van der Waals surface area contributed by atoms with Crippen molar-refractivity contribution < 1.29 is 14.2 Å². The number of fused-ring (bicyclic) bond motifs is 1. The van der Waals surface area contributed by atoms with Crippen LogP contribution in [0, 0.1) is 5.82 Å². The van der Waals surface area contributed by atoms with Gasteiger partial charge in [0.15, 0.2) is 11.5 Å². The van der Waals surface area contributed by atoms with Crippen LogP contribution in [0.1, 0.15) is 24.1 Å². The molecule has 2 aromatic carbocycles. The third-order valence-corrected chi connectivity index (χ3v) is 4.44. The molecular weight excluding hydrogens is 359 g/mol. The summed E-state index contributed by atoms with van der Waals surface area (Å²) < 4.78 is 19.4. The highest BCUT2D eigenvalue weighted by Crippen LogP contribution is 2.36. The van der Waals surface area contributed by atoms with E-state index in [1.807, 2.05) is 13.1 Å². The zero-order valence-electron chi connectivity index (χ0n) is 15.2. The molecule has 1 atom stereocenters. The van der Waals surface area contributed by atoms with Crippen molar-refractivity contribution in [1.82, 2.24) is 15.0 Å². The molecule has 0 bridgehead atoms. The molecule has 0 fully saturated rings. The summed E-state index contributed by atoms with van der Waals surface area (Å²) in [5, 5.41) is 14.1. The Kier molecular flexibility index (Phi) is 4.80. The van der Waals surface area contributed by atoms with E-state index < -0.39 is 6.04 Å². The Balaban J connectivity index is 1.84. The fraction of sp³-hybridized carbons (Fsp3) is 0.143. The molecule has 1 unspecified atom stereocenters. The molecular formula is C21H19FN4O2. The number of aromatic amines is 1. The van der Waals surface area contributed by atoms with Crippen LogP contribution in [-0.4, -0.2) is 26.7 Å². The molecule has 4 rings (SSSR count). The number of halogens is 1. The van der Waals surface area contributed by atoms with Gasteiger partial charge in [-0.15, -0.1) is 0 Å². The van der Waals surface area contributed by atoms with Crippen molar-refractivity contribution >= 4 is 16.9 Å². The molecule has 0 amide bonds. The fourth-order valence-electron chi connectivity index (χ4n) is 3.18. The summed E-state index contributed by atoms with van der Waals surface area (Å²) in [4.78, 5) is 11.7. The maximum Gasteiger partial charge on any atom is 0.223 e. The van der Waals surface area contributed by atoms with E-state index in [0.29, 0.717) is 18.3 Å². The van der Waals surface area contributed by atoms with Crippen LogP contribution in [0.2, 0.25) is 0 Å². The van der Waals surface area contributed by atoms with Crippen molar-refractivity contribution in [2.75, 3.05) is 11.9 Å². The molecule has 0 radical (unpaired) electrons. The molecule has 7 heteroatoms. The van der Waals surface area contributed by atoms with Crippen molar-refractivity contribution in [3.8, 4) is 11.5 Å². The molecule has 28 heavy (non-hydrogen) atoms. The lowest BCUT2D eigenvalue weighted by molar-refractivity contribution is 0.317. The van der Waals surface area contributed by atoms with Crippen molar-refractivity contribution in [3.05, 3.63) is 78.0 Å². The molecule has 0 aliphatic carbocycles. The van der Waals surface area contributed by atoms with E-state index in [2.05, 4.69) is 20.3 Å². The predicted octanol–water partition coefficient (Wildman–Crippen LogP) is 4.40. The number of nitrogens with zero attached hydrogens (tertiary/aromatic N) is 2. The number of anilines is 1. The van der Waals surface area contributed by atoms with Crippen LogP contribution in [0.5, 0.6) is 11.5 Å². The molecule has 0 aliphatic rings. The summed E-state index contributed by atoms with van der Waals surface area (Å²) >= 11 is 0. The van der Waals surface area contributed by atoms with E-state index >= 15 is 0 Å². The number of benzene rings is 2. The topological polar surface area (TPSA) is 83.1 Å². The van der Waals surface area contributed by atoms with E-state index in [1.165, 1.54) is 12.1 Å². The molecule has 0 aliphatic heterocycles. The van der Waals surface area contributed by atoms with Crippen molar-refractivity contribution in [2.45, 2.75) is 13.0 Å².